The first-order chi connectivity index (χ1) is 9.39. The highest BCUT2D eigenvalue weighted by molar-refractivity contribution is 5.23. The van der Waals surface area contributed by atoms with E-state index in [1.165, 1.54) is 5.57 Å². The maximum Gasteiger partial charge on any atom is 0.246 e. The predicted molar refractivity (Wildman–Crippen MR) is 75.5 cm³/mol. The van der Waals surface area contributed by atoms with E-state index in [1.807, 2.05) is 13.0 Å². The van der Waals surface area contributed by atoms with Crippen molar-refractivity contribution in [1.82, 2.24) is 4.90 Å². The van der Waals surface area contributed by atoms with Gasteiger partial charge in [-0.05, 0) is 44.7 Å². The molecule has 2 atom stereocenters. The molecule has 1 aliphatic heterocycles. The van der Waals surface area contributed by atoms with Gasteiger partial charge in [0.2, 0.25) is 5.92 Å². The van der Waals surface area contributed by atoms with Crippen LogP contribution in [0.3, 0.4) is 0 Å². The van der Waals surface area contributed by atoms with Crippen molar-refractivity contribution in [3.63, 3.8) is 0 Å². The molecule has 2 unspecified atom stereocenters. The smallest absolute Gasteiger partial charge is 0.246 e. The Morgan fingerprint density at radius 1 is 1.35 bits per heavy atom. The molecule has 0 N–H and O–H groups in total. The predicted octanol–water partition coefficient (Wildman–Crippen LogP) is 4.71. The van der Waals surface area contributed by atoms with E-state index in [2.05, 4.69) is 4.90 Å². The van der Waals surface area contributed by atoms with Crippen LogP contribution in [0.1, 0.15) is 46.0 Å². The molecule has 2 rings (SSSR count). The number of halogens is 3. The zero-order valence-corrected chi connectivity index (χ0v) is 12.3. The third-order valence-corrected chi connectivity index (χ3v) is 4.46. The molecule has 1 heterocycles. The Balaban J connectivity index is 1.94. The second-order valence-corrected chi connectivity index (χ2v) is 6.17. The van der Waals surface area contributed by atoms with Crippen LogP contribution in [0.25, 0.3) is 0 Å². The fraction of sp³-hybridized carbons (Fsp3) is 0.750. The molecule has 0 spiro atoms. The number of hydrogen-bond acceptors (Lipinski definition) is 1. The molecule has 1 nitrogen and oxygen atoms in total. The van der Waals surface area contributed by atoms with Gasteiger partial charge < -0.3 is 0 Å². The lowest BCUT2D eigenvalue weighted by atomic mass is 9.91. The van der Waals surface area contributed by atoms with Gasteiger partial charge in [0.05, 0.1) is 0 Å². The van der Waals surface area contributed by atoms with Gasteiger partial charge in [0.1, 0.15) is 5.83 Å². The molecule has 0 saturated carbocycles. The highest BCUT2D eigenvalue weighted by atomic mass is 19.3. The summed E-state index contributed by atoms with van der Waals surface area (Å²) in [6.45, 7) is 4.70. The molecule has 2 aliphatic rings. The van der Waals surface area contributed by atoms with E-state index in [0.717, 1.165) is 39.3 Å². The van der Waals surface area contributed by atoms with E-state index in [-0.39, 0.29) is 18.3 Å². The fourth-order valence-electron chi connectivity index (χ4n) is 3.34. The molecule has 0 aromatic rings. The summed E-state index contributed by atoms with van der Waals surface area (Å²) in [5.74, 6) is -2.24. The first-order valence-corrected chi connectivity index (χ1v) is 7.56. The van der Waals surface area contributed by atoms with Gasteiger partial charge in [-0.2, -0.15) is 0 Å². The topological polar surface area (TPSA) is 3.24 Å². The Kier molecular flexibility index (Phi) is 4.95. The fourth-order valence-corrected chi connectivity index (χ4v) is 3.34. The molecule has 1 aliphatic carbocycles. The number of hydrogen-bond donors (Lipinski definition) is 0. The minimum Gasteiger partial charge on any atom is -0.300 e. The van der Waals surface area contributed by atoms with E-state index in [1.54, 1.807) is 6.08 Å². The van der Waals surface area contributed by atoms with Crippen LogP contribution in [0.2, 0.25) is 0 Å². The van der Waals surface area contributed by atoms with Gasteiger partial charge in [0.15, 0.2) is 0 Å². The average Bonchev–Trinajstić information content (AvgIpc) is 2.85. The molecule has 20 heavy (non-hydrogen) atoms. The van der Waals surface area contributed by atoms with Crippen molar-refractivity contribution in [2.24, 2.45) is 5.92 Å². The summed E-state index contributed by atoms with van der Waals surface area (Å²) in [7, 11) is 0. The third-order valence-electron chi connectivity index (χ3n) is 4.46. The lowest BCUT2D eigenvalue weighted by molar-refractivity contribution is -0.0137. The van der Waals surface area contributed by atoms with Crippen LogP contribution in [-0.2, 0) is 0 Å². The van der Waals surface area contributed by atoms with Crippen molar-refractivity contribution in [2.45, 2.75) is 57.9 Å². The average molecular weight is 287 g/mol. The maximum atomic E-state index is 13.2. The Morgan fingerprint density at radius 3 is 2.65 bits per heavy atom. The molecule has 0 radical (unpaired) electrons. The Labute approximate surface area is 119 Å². The van der Waals surface area contributed by atoms with Gasteiger partial charge in [0, 0.05) is 25.4 Å². The zero-order valence-electron chi connectivity index (χ0n) is 12.3. The van der Waals surface area contributed by atoms with Gasteiger partial charge in [-0.25, -0.2) is 13.2 Å². The van der Waals surface area contributed by atoms with E-state index in [0.29, 0.717) is 12.3 Å². The summed E-state index contributed by atoms with van der Waals surface area (Å²) < 4.78 is 39.5. The van der Waals surface area contributed by atoms with E-state index in [9.17, 15) is 13.2 Å². The summed E-state index contributed by atoms with van der Waals surface area (Å²) in [4.78, 5) is 2.19. The van der Waals surface area contributed by atoms with Crippen LogP contribution in [0, 0.1) is 5.92 Å². The van der Waals surface area contributed by atoms with Crippen molar-refractivity contribution < 1.29 is 13.2 Å². The summed E-state index contributed by atoms with van der Waals surface area (Å²) in [5.41, 5.74) is 1.28. The van der Waals surface area contributed by atoms with Crippen molar-refractivity contribution in [2.75, 3.05) is 13.1 Å². The quantitative estimate of drug-likeness (QED) is 0.708. The lowest BCUT2D eigenvalue weighted by Gasteiger charge is -2.29. The summed E-state index contributed by atoms with van der Waals surface area (Å²) >= 11 is 0. The minimum atomic E-state index is -2.60. The van der Waals surface area contributed by atoms with Gasteiger partial charge in [-0.15, -0.1) is 0 Å². The SMILES string of the molecule is CCC(CC(C)(F)F)N1CCC(C2=CC=C(F)CC2)C1. The molecule has 114 valence electrons. The summed E-state index contributed by atoms with van der Waals surface area (Å²) in [6.07, 6.45) is 6.41. The monoisotopic (exact) mass is 287 g/mol. The van der Waals surface area contributed by atoms with Gasteiger partial charge in [0.25, 0.3) is 0 Å². The molecule has 1 saturated heterocycles. The normalized spacial score (nSPS) is 26.4. The van der Waals surface area contributed by atoms with E-state index in [4.69, 9.17) is 0 Å². The van der Waals surface area contributed by atoms with Crippen molar-refractivity contribution >= 4 is 0 Å². The van der Waals surface area contributed by atoms with Gasteiger partial charge in [-0.1, -0.05) is 18.6 Å². The Bertz CT molecular complexity index is 395. The molecule has 0 aromatic heterocycles. The zero-order chi connectivity index (χ0) is 14.8. The summed E-state index contributed by atoms with van der Waals surface area (Å²) in [5, 5.41) is 0. The van der Waals surface area contributed by atoms with Crippen LogP contribution in [0.15, 0.2) is 23.6 Å². The van der Waals surface area contributed by atoms with Crippen molar-refractivity contribution in [3.8, 4) is 0 Å². The number of allylic oxidation sites excluding steroid dienone is 3. The Hall–Kier alpha value is -0.770. The molecule has 0 aromatic carbocycles. The third kappa shape index (κ3) is 4.11. The van der Waals surface area contributed by atoms with Crippen LogP contribution in [0.5, 0.6) is 0 Å². The number of nitrogens with zero attached hydrogens (tertiary/aromatic N) is 1. The molecule has 4 heteroatoms. The molecule has 0 bridgehead atoms. The first-order valence-electron chi connectivity index (χ1n) is 7.56. The second kappa shape index (κ2) is 6.33. The summed E-state index contributed by atoms with van der Waals surface area (Å²) in [6, 6.07) is -0.0449. The minimum absolute atomic E-state index is 0.0449. The largest absolute Gasteiger partial charge is 0.300 e. The van der Waals surface area contributed by atoms with E-state index < -0.39 is 5.92 Å². The first kappa shape index (κ1) is 15.6. The molecular formula is C16H24F3N. The van der Waals surface area contributed by atoms with Crippen molar-refractivity contribution in [1.29, 1.82) is 0 Å². The van der Waals surface area contributed by atoms with Gasteiger partial charge in [-0.3, -0.25) is 4.90 Å². The molecule has 1 fully saturated rings. The van der Waals surface area contributed by atoms with Crippen LogP contribution in [0.4, 0.5) is 13.2 Å². The molecular weight excluding hydrogens is 263 g/mol. The van der Waals surface area contributed by atoms with Crippen LogP contribution < -0.4 is 0 Å². The lowest BCUT2D eigenvalue weighted by Crippen LogP contribution is -2.37. The highest BCUT2D eigenvalue weighted by Crippen LogP contribution is 2.34. The number of alkyl halides is 2. The highest BCUT2D eigenvalue weighted by Gasteiger charge is 2.34. The number of rotatable bonds is 5. The van der Waals surface area contributed by atoms with Crippen molar-refractivity contribution in [3.05, 3.63) is 23.6 Å². The van der Waals surface area contributed by atoms with E-state index >= 15 is 0 Å². The molecule has 0 amide bonds. The Morgan fingerprint density at radius 2 is 2.10 bits per heavy atom. The number of likely N-dealkylation sites (tertiary alicyclic amines) is 1. The van der Waals surface area contributed by atoms with Crippen LogP contribution >= 0.6 is 0 Å². The standard InChI is InChI=1S/C16H24F3N/c1-3-15(10-16(2,18)19)20-9-8-13(11-20)12-4-6-14(17)7-5-12/h4,6,13,15H,3,5,7-11H2,1-2H3. The maximum absolute atomic E-state index is 13.2. The second-order valence-electron chi connectivity index (χ2n) is 6.17. The van der Waals surface area contributed by atoms with Crippen LogP contribution in [-0.4, -0.2) is 30.0 Å². The van der Waals surface area contributed by atoms with Gasteiger partial charge >= 0.3 is 0 Å².